The molecule has 1 nitrogen and oxygen atoms in total. The Morgan fingerprint density at radius 3 is 2.59 bits per heavy atom. The summed E-state index contributed by atoms with van der Waals surface area (Å²) >= 11 is 0. The molecule has 1 aromatic rings. The van der Waals surface area contributed by atoms with Crippen molar-refractivity contribution < 1.29 is 18.0 Å². The Hall–Kier alpha value is -1.58. The molecule has 1 aliphatic rings. The van der Waals surface area contributed by atoms with Crippen molar-refractivity contribution in [2.75, 3.05) is 0 Å². The maximum atomic E-state index is 12.5. The molecule has 90 valence electrons. The molecule has 1 aromatic carbocycles. The summed E-state index contributed by atoms with van der Waals surface area (Å²) in [5, 5.41) is 0. The minimum atomic E-state index is -4.40. The highest BCUT2D eigenvalue weighted by molar-refractivity contribution is 6.09. The first-order valence-electron chi connectivity index (χ1n) is 5.39. The van der Waals surface area contributed by atoms with E-state index in [4.69, 9.17) is 0 Å². The molecule has 0 amide bonds. The number of carbonyl (C=O) groups excluding carboxylic acids is 1. The van der Waals surface area contributed by atoms with Crippen LogP contribution < -0.4 is 0 Å². The molecule has 0 aliphatic heterocycles. The number of ketones is 1. The third-order valence-electron chi connectivity index (χ3n) is 2.78. The molecule has 0 bridgehead atoms. The predicted octanol–water partition coefficient (Wildman–Crippen LogP) is 4.00. The van der Waals surface area contributed by atoms with Crippen molar-refractivity contribution >= 4 is 5.78 Å². The van der Waals surface area contributed by atoms with Gasteiger partial charge >= 0.3 is 6.18 Å². The Labute approximate surface area is 96.9 Å². The van der Waals surface area contributed by atoms with E-state index in [1.165, 1.54) is 12.1 Å². The molecule has 0 unspecified atom stereocenters. The van der Waals surface area contributed by atoms with Gasteiger partial charge in [-0.3, -0.25) is 4.79 Å². The van der Waals surface area contributed by atoms with Gasteiger partial charge in [-0.15, -0.1) is 0 Å². The van der Waals surface area contributed by atoms with Gasteiger partial charge in [0, 0.05) is 5.56 Å². The van der Waals surface area contributed by atoms with Crippen molar-refractivity contribution in [3.8, 4) is 0 Å². The molecule has 0 saturated carbocycles. The second kappa shape index (κ2) is 4.35. The van der Waals surface area contributed by atoms with Crippen molar-refractivity contribution in [1.82, 2.24) is 0 Å². The number of halogens is 3. The summed E-state index contributed by atoms with van der Waals surface area (Å²) in [5.41, 5.74) is -0.0285. The Morgan fingerprint density at radius 2 is 2.00 bits per heavy atom. The first kappa shape index (κ1) is 11.9. The van der Waals surface area contributed by atoms with Crippen LogP contribution in [0.5, 0.6) is 0 Å². The molecule has 17 heavy (non-hydrogen) atoms. The Morgan fingerprint density at radius 1 is 1.24 bits per heavy atom. The zero-order valence-corrected chi connectivity index (χ0v) is 9.05. The highest BCUT2D eigenvalue weighted by Gasteiger charge is 2.31. The number of hydrogen-bond donors (Lipinski definition) is 0. The van der Waals surface area contributed by atoms with Gasteiger partial charge in [0.25, 0.3) is 0 Å². The maximum absolute atomic E-state index is 12.5. The molecule has 0 spiro atoms. The van der Waals surface area contributed by atoms with Crippen LogP contribution in [0, 0.1) is 0 Å². The number of rotatable bonds is 2. The lowest BCUT2D eigenvalue weighted by Crippen LogP contribution is -2.08. The van der Waals surface area contributed by atoms with Gasteiger partial charge in [0.1, 0.15) is 0 Å². The van der Waals surface area contributed by atoms with E-state index in [-0.39, 0.29) is 11.3 Å². The van der Waals surface area contributed by atoms with Crippen LogP contribution in [0.3, 0.4) is 0 Å². The van der Waals surface area contributed by atoms with Gasteiger partial charge in [-0.2, -0.15) is 13.2 Å². The summed E-state index contributed by atoms with van der Waals surface area (Å²) in [6, 6.07) is 4.59. The summed E-state index contributed by atoms with van der Waals surface area (Å²) in [5.74, 6) is -0.284. The molecule has 2 rings (SSSR count). The third-order valence-corrected chi connectivity index (χ3v) is 2.78. The van der Waals surface area contributed by atoms with Crippen LogP contribution in [0.4, 0.5) is 13.2 Å². The van der Waals surface area contributed by atoms with E-state index >= 15 is 0 Å². The normalized spacial score (nSPS) is 15.8. The Balaban J connectivity index is 2.30. The molecular weight excluding hydrogens is 229 g/mol. The van der Waals surface area contributed by atoms with Gasteiger partial charge in [0.15, 0.2) is 5.78 Å². The van der Waals surface area contributed by atoms with E-state index in [9.17, 15) is 18.0 Å². The predicted molar refractivity (Wildman–Crippen MR) is 57.7 cm³/mol. The fraction of sp³-hybridized carbons (Fsp3) is 0.308. The van der Waals surface area contributed by atoms with Crippen molar-refractivity contribution in [3.05, 3.63) is 47.0 Å². The monoisotopic (exact) mass is 240 g/mol. The largest absolute Gasteiger partial charge is 0.416 e. The maximum Gasteiger partial charge on any atom is 0.416 e. The molecule has 0 N–H and O–H groups in total. The van der Waals surface area contributed by atoms with Gasteiger partial charge in [0.05, 0.1) is 5.56 Å². The summed E-state index contributed by atoms with van der Waals surface area (Å²) in [4.78, 5) is 11.9. The van der Waals surface area contributed by atoms with Gasteiger partial charge in [-0.25, -0.2) is 0 Å². The van der Waals surface area contributed by atoms with E-state index in [0.29, 0.717) is 12.0 Å². The van der Waals surface area contributed by atoms with Crippen LogP contribution in [0.15, 0.2) is 35.9 Å². The number of allylic oxidation sites excluding steroid dienone is 2. The highest BCUT2D eigenvalue weighted by atomic mass is 19.4. The molecule has 0 saturated heterocycles. The number of alkyl halides is 3. The van der Waals surface area contributed by atoms with E-state index < -0.39 is 11.7 Å². The van der Waals surface area contributed by atoms with Gasteiger partial charge < -0.3 is 0 Å². The average molecular weight is 240 g/mol. The standard InChI is InChI=1S/C13H11F3O/c14-13(15,16)11-7-3-6-10(8-11)12(17)9-4-1-2-5-9/h3-4,6-8H,1-2,5H2. The minimum absolute atomic E-state index is 0.118. The zero-order valence-electron chi connectivity index (χ0n) is 9.05. The molecule has 0 atom stereocenters. The van der Waals surface area contributed by atoms with Gasteiger partial charge in [-0.05, 0) is 37.0 Å². The zero-order chi connectivity index (χ0) is 12.5. The lowest BCUT2D eigenvalue weighted by molar-refractivity contribution is -0.137. The molecule has 0 heterocycles. The van der Waals surface area contributed by atoms with Crippen LogP contribution in [-0.4, -0.2) is 5.78 Å². The van der Waals surface area contributed by atoms with Crippen LogP contribution in [0.1, 0.15) is 35.2 Å². The van der Waals surface area contributed by atoms with Crippen LogP contribution >= 0.6 is 0 Å². The molecule has 0 aromatic heterocycles. The lowest BCUT2D eigenvalue weighted by Gasteiger charge is -2.08. The van der Waals surface area contributed by atoms with Crippen molar-refractivity contribution in [3.63, 3.8) is 0 Å². The molecule has 4 heteroatoms. The number of carbonyl (C=O) groups is 1. The SMILES string of the molecule is O=C(C1=CCCC1)c1cccc(C(F)(F)F)c1. The second-order valence-corrected chi connectivity index (χ2v) is 4.03. The number of Topliss-reactive ketones (excluding diaryl/α,β-unsaturated/α-hetero) is 1. The molecule has 1 aliphatic carbocycles. The first-order chi connectivity index (χ1) is 7.98. The Bertz CT molecular complexity index is 472. The quantitative estimate of drug-likeness (QED) is 0.714. The van der Waals surface area contributed by atoms with Crippen molar-refractivity contribution in [2.24, 2.45) is 0 Å². The van der Waals surface area contributed by atoms with Crippen molar-refractivity contribution in [1.29, 1.82) is 0 Å². The second-order valence-electron chi connectivity index (χ2n) is 4.03. The van der Waals surface area contributed by atoms with E-state index in [2.05, 4.69) is 0 Å². The number of hydrogen-bond acceptors (Lipinski definition) is 1. The average Bonchev–Trinajstić information content (AvgIpc) is 2.80. The number of benzene rings is 1. The fourth-order valence-corrected chi connectivity index (χ4v) is 1.90. The fourth-order valence-electron chi connectivity index (χ4n) is 1.90. The van der Waals surface area contributed by atoms with E-state index in [0.717, 1.165) is 25.0 Å². The lowest BCUT2D eigenvalue weighted by atomic mass is 10.0. The Kier molecular flexibility index (Phi) is 3.05. The van der Waals surface area contributed by atoms with E-state index in [1.807, 2.05) is 6.08 Å². The summed E-state index contributed by atoms with van der Waals surface area (Å²) in [6.07, 6.45) is -0.196. The highest BCUT2D eigenvalue weighted by Crippen LogP contribution is 2.30. The smallest absolute Gasteiger partial charge is 0.289 e. The summed E-state index contributed by atoms with van der Waals surface area (Å²) < 4.78 is 37.4. The topological polar surface area (TPSA) is 17.1 Å². The van der Waals surface area contributed by atoms with Gasteiger partial charge in [0.2, 0.25) is 0 Å². The summed E-state index contributed by atoms with van der Waals surface area (Å²) in [6.45, 7) is 0. The van der Waals surface area contributed by atoms with Crippen molar-refractivity contribution in [2.45, 2.75) is 25.4 Å². The van der Waals surface area contributed by atoms with Crippen LogP contribution in [0.2, 0.25) is 0 Å². The van der Waals surface area contributed by atoms with Gasteiger partial charge in [-0.1, -0.05) is 18.2 Å². The molecule has 0 radical (unpaired) electrons. The first-order valence-corrected chi connectivity index (χ1v) is 5.39. The summed E-state index contributed by atoms with van der Waals surface area (Å²) in [7, 11) is 0. The third kappa shape index (κ3) is 2.57. The van der Waals surface area contributed by atoms with Crippen LogP contribution in [0.25, 0.3) is 0 Å². The van der Waals surface area contributed by atoms with Crippen LogP contribution in [-0.2, 0) is 6.18 Å². The molecule has 0 fully saturated rings. The molecular formula is C13H11F3O. The van der Waals surface area contributed by atoms with E-state index in [1.54, 1.807) is 0 Å². The minimum Gasteiger partial charge on any atom is -0.289 e.